The molecule has 3 aliphatic rings. The van der Waals surface area contributed by atoms with Crippen molar-refractivity contribution in [3.05, 3.63) is 58.1 Å². The fourth-order valence-corrected chi connectivity index (χ4v) is 5.95. The summed E-state index contributed by atoms with van der Waals surface area (Å²) in [6, 6.07) is 9.85. The molecule has 0 bridgehead atoms. The van der Waals surface area contributed by atoms with Gasteiger partial charge in [0.25, 0.3) is 5.91 Å². The van der Waals surface area contributed by atoms with Gasteiger partial charge in [-0.15, -0.1) is 0 Å². The molecule has 0 saturated carbocycles. The number of ether oxygens (including phenoxy) is 1. The molecule has 2 aromatic carbocycles. The lowest BCUT2D eigenvalue weighted by atomic mass is 9.76. The normalized spacial score (nSPS) is 27.2. The fourth-order valence-electron chi connectivity index (χ4n) is 5.79. The molecule has 2 fully saturated rings. The van der Waals surface area contributed by atoms with Gasteiger partial charge in [0.1, 0.15) is 23.6 Å². The molecule has 2 aromatic rings. The summed E-state index contributed by atoms with van der Waals surface area (Å²) in [5.41, 5.74) is 6.56. The Morgan fingerprint density at radius 1 is 1.21 bits per heavy atom. The molecule has 1 spiro atoms. The number of carbonyl (C=O) groups is 4. The van der Waals surface area contributed by atoms with Crippen LogP contribution < -0.4 is 21.1 Å². The second-order valence-electron chi connectivity index (χ2n) is 9.00. The van der Waals surface area contributed by atoms with Crippen molar-refractivity contribution in [3.8, 4) is 5.75 Å². The first-order valence-electron chi connectivity index (χ1n) is 10.9. The van der Waals surface area contributed by atoms with Gasteiger partial charge in [-0.25, -0.2) is 0 Å². The first-order valence-corrected chi connectivity index (χ1v) is 11.3. The first-order chi connectivity index (χ1) is 16.2. The number of methoxy groups -OCH3 is 1. The Labute approximate surface area is 200 Å². The second-order valence-corrected chi connectivity index (χ2v) is 9.40. The van der Waals surface area contributed by atoms with E-state index in [1.54, 1.807) is 48.6 Å². The third-order valence-corrected chi connectivity index (χ3v) is 7.70. The largest absolute Gasteiger partial charge is 0.496 e. The SMILES string of the molecule is COc1ccccc1CN1C(=O)[C@@H]2[C@H](CC(N)=O)[NH2+][C@]3(C(=O)Nc4c3ccc(Cl)c4C)[C@@H]2C1=O. The van der Waals surface area contributed by atoms with Crippen LogP contribution in [0.2, 0.25) is 5.02 Å². The molecular formula is C24H24ClN4O5+. The number of benzene rings is 2. The Bertz CT molecular complexity index is 1260. The Morgan fingerprint density at radius 2 is 1.94 bits per heavy atom. The fraction of sp³-hybridized carbons (Fsp3) is 0.333. The highest BCUT2D eigenvalue weighted by Gasteiger charge is 2.74. The molecule has 0 radical (unpaired) electrons. The van der Waals surface area contributed by atoms with E-state index >= 15 is 0 Å². The number of imide groups is 1. The molecule has 0 aliphatic carbocycles. The van der Waals surface area contributed by atoms with Gasteiger partial charge in [0.15, 0.2) is 0 Å². The molecule has 4 amide bonds. The summed E-state index contributed by atoms with van der Waals surface area (Å²) in [6.45, 7) is 1.78. The monoisotopic (exact) mass is 483 g/mol. The van der Waals surface area contributed by atoms with Gasteiger partial charge in [0.05, 0.1) is 25.8 Å². The van der Waals surface area contributed by atoms with Crippen molar-refractivity contribution in [3.63, 3.8) is 0 Å². The Morgan fingerprint density at radius 3 is 2.65 bits per heavy atom. The predicted molar refractivity (Wildman–Crippen MR) is 122 cm³/mol. The van der Waals surface area contributed by atoms with Crippen LogP contribution in [0, 0.1) is 18.8 Å². The molecule has 4 atom stereocenters. The average molecular weight is 484 g/mol. The van der Waals surface area contributed by atoms with Crippen molar-refractivity contribution >= 4 is 40.9 Å². The summed E-state index contributed by atoms with van der Waals surface area (Å²) < 4.78 is 5.38. The number of anilines is 1. The van der Waals surface area contributed by atoms with E-state index in [1.807, 2.05) is 0 Å². The highest BCUT2D eigenvalue weighted by atomic mass is 35.5. The van der Waals surface area contributed by atoms with Crippen LogP contribution in [-0.4, -0.2) is 41.7 Å². The second kappa shape index (κ2) is 7.82. The third kappa shape index (κ3) is 2.97. The zero-order valence-corrected chi connectivity index (χ0v) is 19.4. The maximum absolute atomic E-state index is 13.8. The lowest BCUT2D eigenvalue weighted by molar-refractivity contribution is -0.732. The van der Waals surface area contributed by atoms with Crippen molar-refractivity contribution in [2.24, 2.45) is 17.6 Å². The molecule has 0 unspecified atom stereocenters. The number of amides is 4. The number of rotatable bonds is 5. The van der Waals surface area contributed by atoms with Gasteiger partial charge in [-0.05, 0) is 30.7 Å². The van der Waals surface area contributed by atoms with Gasteiger partial charge < -0.3 is 21.1 Å². The maximum Gasteiger partial charge on any atom is 0.291 e. The minimum absolute atomic E-state index is 0.00216. The topological polar surface area (TPSA) is 135 Å². The van der Waals surface area contributed by atoms with Crippen molar-refractivity contribution in [1.82, 2.24) is 4.90 Å². The lowest BCUT2D eigenvalue weighted by Gasteiger charge is -2.26. The van der Waals surface area contributed by atoms with E-state index in [2.05, 4.69) is 5.32 Å². The van der Waals surface area contributed by atoms with Gasteiger partial charge in [0.2, 0.25) is 23.3 Å². The van der Waals surface area contributed by atoms with E-state index in [-0.39, 0.29) is 13.0 Å². The molecule has 5 N–H and O–H groups in total. The number of nitrogens with two attached hydrogens (primary N) is 2. The molecule has 10 heteroatoms. The summed E-state index contributed by atoms with van der Waals surface area (Å²) in [4.78, 5) is 54.0. The molecule has 5 rings (SSSR count). The van der Waals surface area contributed by atoms with Crippen molar-refractivity contribution < 1.29 is 29.2 Å². The zero-order chi connectivity index (χ0) is 24.4. The summed E-state index contributed by atoms with van der Waals surface area (Å²) in [5, 5.41) is 5.03. The first kappa shape index (κ1) is 22.4. The number of para-hydroxylation sites is 1. The molecule has 34 heavy (non-hydrogen) atoms. The Hall–Kier alpha value is -3.43. The van der Waals surface area contributed by atoms with Crippen LogP contribution in [0.5, 0.6) is 5.75 Å². The Kier molecular flexibility index (Phi) is 5.14. The molecule has 9 nitrogen and oxygen atoms in total. The summed E-state index contributed by atoms with van der Waals surface area (Å²) in [5.74, 6) is -3.21. The minimum atomic E-state index is -1.39. The lowest BCUT2D eigenvalue weighted by Crippen LogP contribution is -2.99. The number of hydrogen-bond donors (Lipinski definition) is 3. The zero-order valence-electron chi connectivity index (χ0n) is 18.6. The molecule has 176 valence electrons. The predicted octanol–water partition coefficient (Wildman–Crippen LogP) is 0.427. The highest BCUT2D eigenvalue weighted by Crippen LogP contribution is 2.51. The van der Waals surface area contributed by atoms with E-state index in [0.717, 1.165) is 0 Å². The van der Waals surface area contributed by atoms with Crippen LogP contribution in [0.25, 0.3) is 0 Å². The average Bonchev–Trinajstić information content (AvgIpc) is 3.37. The quantitative estimate of drug-likeness (QED) is 0.530. The smallest absolute Gasteiger partial charge is 0.291 e. The summed E-state index contributed by atoms with van der Waals surface area (Å²) in [6.07, 6.45) is -0.139. The van der Waals surface area contributed by atoms with Crippen LogP contribution >= 0.6 is 11.6 Å². The van der Waals surface area contributed by atoms with Gasteiger partial charge in [0, 0.05) is 16.1 Å². The molecule has 0 aromatic heterocycles. The number of quaternary nitrogens is 1. The number of nitrogens with zero attached hydrogens (tertiary/aromatic N) is 1. The van der Waals surface area contributed by atoms with Gasteiger partial charge in [-0.2, -0.15) is 0 Å². The summed E-state index contributed by atoms with van der Waals surface area (Å²) >= 11 is 6.27. The van der Waals surface area contributed by atoms with Crippen LogP contribution in [0.15, 0.2) is 36.4 Å². The van der Waals surface area contributed by atoms with Crippen molar-refractivity contribution in [2.75, 3.05) is 12.4 Å². The maximum atomic E-state index is 13.8. The number of halogens is 1. The molecule has 2 saturated heterocycles. The number of nitrogens with one attached hydrogen (secondary N) is 1. The van der Waals surface area contributed by atoms with Crippen LogP contribution in [-0.2, 0) is 31.3 Å². The van der Waals surface area contributed by atoms with E-state index in [9.17, 15) is 19.2 Å². The van der Waals surface area contributed by atoms with Crippen LogP contribution in [0.3, 0.4) is 0 Å². The van der Waals surface area contributed by atoms with Crippen molar-refractivity contribution in [1.29, 1.82) is 0 Å². The number of fused-ring (bicyclic) bond motifs is 4. The Balaban J connectivity index is 1.62. The number of hydrogen-bond acceptors (Lipinski definition) is 5. The molecule has 3 aliphatic heterocycles. The molecule has 3 heterocycles. The van der Waals surface area contributed by atoms with Gasteiger partial charge in [-0.3, -0.25) is 24.1 Å². The highest BCUT2D eigenvalue weighted by molar-refractivity contribution is 6.32. The van der Waals surface area contributed by atoms with E-state index in [1.165, 1.54) is 12.0 Å². The van der Waals surface area contributed by atoms with E-state index in [4.69, 9.17) is 22.1 Å². The number of likely N-dealkylation sites (tertiary alicyclic amines) is 1. The van der Waals surface area contributed by atoms with Crippen LogP contribution in [0.4, 0.5) is 5.69 Å². The molecular weight excluding hydrogens is 460 g/mol. The van der Waals surface area contributed by atoms with E-state index < -0.39 is 47.0 Å². The number of carbonyl (C=O) groups excluding carboxylic acids is 4. The standard InChI is InChI=1S/C24H23ClN4O5/c1-11-14(25)8-7-13-20(11)27-23(33)24(13)19-18(15(28-24)9-17(26)30)21(31)29(22(19)32)10-12-5-3-4-6-16(12)34-2/h3-8,15,18-19,28H,9-10H2,1-2H3,(H2,26,30)(H,27,33)/p+1/t15-,18+,19-,24-/m0/s1. The number of primary amides is 1. The summed E-state index contributed by atoms with van der Waals surface area (Å²) in [7, 11) is 1.52. The van der Waals surface area contributed by atoms with Gasteiger partial charge in [-0.1, -0.05) is 29.8 Å². The van der Waals surface area contributed by atoms with Crippen LogP contribution in [0.1, 0.15) is 23.1 Å². The minimum Gasteiger partial charge on any atom is -0.496 e. The van der Waals surface area contributed by atoms with E-state index in [0.29, 0.717) is 33.1 Å². The van der Waals surface area contributed by atoms with Crippen molar-refractivity contribution in [2.45, 2.75) is 31.5 Å². The third-order valence-electron chi connectivity index (χ3n) is 7.29. The van der Waals surface area contributed by atoms with Gasteiger partial charge >= 0.3 is 0 Å².